The third-order valence-electron chi connectivity index (χ3n) is 5.04. The van der Waals surface area contributed by atoms with Gasteiger partial charge in [-0.3, -0.25) is 9.59 Å². The number of nitrogens with one attached hydrogen (secondary N) is 2. The number of piperazine rings is 1. The first-order valence-electron chi connectivity index (χ1n) is 9.28. The van der Waals surface area contributed by atoms with Gasteiger partial charge in [0.25, 0.3) is 0 Å². The van der Waals surface area contributed by atoms with E-state index in [0.717, 1.165) is 31.7 Å². The van der Waals surface area contributed by atoms with Crippen LogP contribution in [-0.2, 0) is 16.1 Å². The minimum Gasteiger partial charge on any atom is -0.353 e. The number of hydrogen-bond donors (Lipinski definition) is 2. The predicted octanol–water partition coefficient (Wildman–Crippen LogP) is 2.53. The summed E-state index contributed by atoms with van der Waals surface area (Å²) in [6, 6.07) is 2.88. The van der Waals surface area contributed by atoms with E-state index >= 15 is 0 Å². The van der Waals surface area contributed by atoms with Crippen molar-refractivity contribution >= 4 is 24.2 Å². The Morgan fingerprint density at radius 3 is 2.48 bits per heavy atom. The lowest BCUT2D eigenvalue weighted by atomic mass is 9.95. The topological polar surface area (TPSA) is 61.4 Å². The summed E-state index contributed by atoms with van der Waals surface area (Å²) >= 11 is 0. The lowest BCUT2D eigenvalue weighted by Crippen LogP contribution is -2.56. The van der Waals surface area contributed by atoms with Crippen LogP contribution in [0.5, 0.6) is 0 Å². The average Bonchev–Trinajstić information content (AvgIpc) is 2.58. The molecule has 1 atom stereocenters. The predicted molar refractivity (Wildman–Crippen MR) is 100 cm³/mol. The highest BCUT2D eigenvalue weighted by Crippen LogP contribution is 2.18. The zero-order valence-corrected chi connectivity index (χ0v) is 16.0. The summed E-state index contributed by atoms with van der Waals surface area (Å²) in [6.45, 7) is 1.12. The van der Waals surface area contributed by atoms with Gasteiger partial charge in [-0.05, 0) is 30.5 Å². The van der Waals surface area contributed by atoms with E-state index < -0.39 is 17.7 Å². The Kier molecular flexibility index (Phi) is 7.98. The fraction of sp³-hybridized carbons (Fsp3) is 0.579. The van der Waals surface area contributed by atoms with Crippen molar-refractivity contribution in [2.45, 2.75) is 57.2 Å². The Hall–Kier alpha value is -1.73. The van der Waals surface area contributed by atoms with Crippen molar-refractivity contribution in [3.63, 3.8) is 0 Å². The maximum absolute atomic E-state index is 13.3. The Bertz CT molecular complexity index is 648. The number of carbonyl (C=O) groups is 2. The molecule has 1 saturated carbocycles. The van der Waals surface area contributed by atoms with E-state index in [1.54, 1.807) is 4.90 Å². The second-order valence-electron chi connectivity index (χ2n) is 7.15. The summed E-state index contributed by atoms with van der Waals surface area (Å²) in [7, 11) is 0. The van der Waals surface area contributed by atoms with Crippen LogP contribution >= 0.6 is 12.4 Å². The van der Waals surface area contributed by atoms with E-state index in [1.807, 2.05) is 0 Å². The molecule has 0 radical (unpaired) electrons. The number of rotatable bonds is 5. The molecular formula is C19H26ClF2N3O2. The fourth-order valence-electron chi connectivity index (χ4n) is 3.75. The quantitative estimate of drug-likeness (QED) is 0.797. The van der Waals surface area contributed by atoms with E-state index in [2.05, 4.69) is 10.6 Å². The highest BCUT2D eigenvalue weighted by Gasteiger charge is 2.30. The van der Waals surface area contributed by atoms with E-state index in [-0.39, 0.29) is 43.2 Å². The summed E-state index contributed by atoms with van der Waals surface area (Å²) in [4.78, 5) is 26.4. The summed E-state index contributed by atoms with van der Waals surface area (Å²) in [5.74, 6) is -1.65. The van der Waals surface area contributed by atoms with E-state index in [9.17, 15) is 18.4 Å². The van der Waals surface area contributed by atoms with Gasteiger partial charge in [0.2, 0.25) is 11.8 Å². The van der Waals surface area contributed by atoms with Crippen LogP contribution in [-0.4, -0.2) is 41.9 Å². The van der Waals surface area contributed by atoms with Crippen molar-refractivity contribution in [1.82, 2.24) is 15.5 Å². The van der Waals surface area contributed by atoms with Gasteiger partial charge in [-0.2, -0.15) is 0 Å². The highest BCUT2D eigenvalue weighted by atomic mass is 35.5. The molecule has 2 fully saturated rings. The Morgan fingerprint density at radius 1 is 1.15 bits per heavy atom. The van der Waals surface area contributed by atoms with Crippen molar-refractivity contribution in [2.24, 2.45) is 0 Å². The largest absolute Gasteiger partial charge is 0.353 e. The van der Waals surface area contributed by atoms with E-state index in [1.165, 1.54) is 18.6 Å². The van der Waals surface area contributed by atoms with Gasteiger partial charge in [0.05, 0.1) is 12.5 Å². The van der Waals surface area contributed by atoms with Gasteiger partial charge in [-0.1, -0.05) is 19.3 Å². The monoisotopic (exact) mass is 401 g/mol. The SMILES string of the molecule is Cl.O=C(CC1NCCN(Cc2cc(F)cc(F)c2)C1=O)NC1CCCCC1. The summed E-state index contributed by atoms with van der Waals surface area (Å²) < 4.78 is 26.7. The van der Waals surface area contributed by atoms with Gasteiger partial charge < -0.3 is 15.5 Å². The molecule has 3 rings (SSSR count). The highest BCUT2D eigenvalue weighted by molar-refractivity contribution is 5.89. The van der Waals surface area contributed by atoms with Crippen LogP contribution in [0.3, 0.4) is 0 Å². The first-order valence-corrected chi connectivity index (χ1v) is 9.28. The standard InChI is InChI=1S/C19H25F2N3O2.ClH/c20-14-8-13(9-15(21)10-14)12-24-7-6-22-17(19(24)26)11-18(25)23-16-4-2-1-3-5-16;/h8-10,16-17,22H,1-7,11-12H2,(H,23,25);1H. The Morgan fingerprint density at radius 2 is 1.81 bits per heavy atom. The molecule has 150 valence electrons. The molecule has 27 heavy (non-hydrogen) atoms. The third kappa shape index (κ3) is 6.14. The Balaban J connectivity index is 0.00000261. The van der Waals surface area contributed by atoms with Crippen LogP contribution in [0.1, 0.15) is 44.1 Å². The molecule has 0 aromatic heterocycles. The van der Waals surface area contributed by atoms with Gasteiger partial charge in [0, 0.05) is 31.7 Å². The lowest BCUT2D eigenvalue weighted by molar-refractivity contribution is -0.139. The van der Waals surface area contributed by atoms with Crippen LogP contribution in [0.15, 0.2) is 18.2 Å². The molecule has 8 heteroatoms. The van der Waals surface area contributed by atoms with Crippen molar-refractivity contribution in [2.75, 3.05) is 13.1 Å². The molecular weight excluding hydrogens is 376 g/mol. The summed E-state index contributed by atoms with van der Waals surface area (Å²) in [6.07, 6.45) is 5.55. The first kappa shape index (κ1) is 21.6. The average molecular weight is 402 g/mol. The Labute approximate surface area is 164 Å². The minimum atomic E-state index is -0.661. The summed E-state index contributed by atoms with van der Waals surface area (Å²) in [5, 5.41) is 6.09. The molecule has 1 aliphatic heterocycles. The van der Waals surface area contributed by atoms with E-state index in [0.29, 0.717) is 18.7 Å². The van der Waals surface area contributed by atoms with Gasteiger partial charge in [-0.15, -0.1) is 12.4 Å². The number of hydrogen-bond acceptors (Lipinski definition) is 3. The molecule has 5 nitrogen and oxygen atoms in total. The van der Waals surface area contributed by atoms with Crippen LogP contribution in [0.4, 0.5) is 8.78 Å². The number of nitrogens with zero attached hydrogens (tertiary/aromatic N) is 1. The maximum atomic E-state index is 13.3. The molecule has 1 unspecified atom stereocenters. The minimum absolute atomic E-state index is 0. The number of benzene rings is 1. The molecule has 1 saturated heterocycles. The van der Waals surface area contributed by atoms with Gasteiger partial charge in [-0.25, -0.2) is 8.78 Å². The molecule has 1 aromatic rings. The van der Waals surface area contributed by atoms with Gasteiger partial charge in [0.1, 0.15) is 11.6 Å². The molecule has 0 spiro atoms. The van der Waals surface area contributed by atoms with Crippen LogP contribution in [0, 0.1) is 11.6 Å². The smallest absolute Gasteiger partial charge is 0.240 e. The van der Waals surface area contributed by atoms with Crippen LogP contribution < -0.4 is 10.6 Å². The molecule has 2 aliphatic rings. The number of halogens is 3. The molecule has 0 bridgehead atoms. The normalized spacial score (nSPS) is 20.9. The lowest BCUT2D eigenvalue weighted by Gasteiger charge is -2.33. The molecule has 1 heterocycles. The van der Waals surface area contributed by atoms with Crippen molar-refractivity contribution in [3.8, 4) is 0 Å². The van der Waals surface area contributed by atoms with Gasteiger partial charge >= 0.3 is 0 Å². The molecule has 2 amide bonds. The molecule has 2 N–H and O–H groups in total. The summed E-state index contributed by atoms with van der Waals surface area (Å²) in [5.41, 5.74) is 0.406. The van der Waals surface area contributed by atoms with Crippen molar-refractivity contribution in [3.05, 3.63) is 35.4 Å². The van der Waals surface area contributed by atoms with Gasteiger partial charge in [0.15, 0.2) is 0 Å². The molecule has 1 aromatic carbocycles. The van der Waals surface area contributed by atoms with Crippen molar-refractivity contribution in [1.29, 1.82) is 0 Å². The van der Waals surface area contributed by atoms with Crippen LogP contribution in [0.25, 0.3) is 0 Å². The second-order valence-corrected chi connectivity index (χ2v) is 7.15. The fourth-order valence-corrected chi connectivity index (χ4v) is 3.75. The van der Waals surface area contributed by atoms with Crippen molar-refractivity contribution < 1.29 is 18.4 Å². The molecule has 1 aliphatic carbocycles. The van der Waals surface area contributed by atoms with E-state index in [4.69, 9.17) is 0 Å². The van der Waals surface area contributed by atoms with Crippen LogP contribution in [0.2, 0.25) is 0 Å². The third-order valence-corrected chi connectivity index (χ3v) is 5.04. The second kappa shape index (κ2) is 9.99. The number of carbonyl (C=O) groups excluding carboxylic acids is 2. The maximum Gasteiger partial charge on any atom is 0.240 e. The first-order chi connectivity index (χ1) is 12.5. The zero-order chi connectivity index (χ0) is 18.5. The number of amides is 2. The zero-order valence-electron chi connectivity index (χ0n) is 15.2.